The minimum atomic E-state index is -0.399. The summed E-state index contributed by atoms with van der Waals surface area (Å²) in [4.78, 5) is 24.1. The molecule has 1 aromatic carbocycles. The molecule has 0 aliphatic heterocycles. The zero-order chi connectivity index (χ0) is 22.8. The molecule has 0 atom stereocenters. The molecule has 0 spiro atoms. The Morgan fingerprint density at radius 2 is 1.90 bits per heavy atom. The summed E-state index contributed by atoms with van der Waals surface area (Å²) >= 11 is 0. The maximum absolute atomic E-state index is 12.6. The Kier molecular flexibility index (Phi) is 6.54. The first-order valence-corrected chi connectivity index (χ1v) is 10.1. The average molecular weight is 431 g/mol. The third-order valence-corrected chi connectivity index (χ3v) is 5.17. The van der Waals surface area contributed by atoms with Crippen molar-refractivity contribution in [2.75, 3.05) is 26.1 Å². The molecule has 0 bridgehead atoms. The predicted molar refractivity (Wildman–Crippen MR) is 114 cm³/mol. The largest absolute Gasteiger partial charge is 0.496 e. The number of carbonyl (C=O) groups excluding carboxylic acids is 2. The summed E-state index contributed by atoms with van der Waals surface area (Å²) in [5.41, 5.74) is 0.688. The van der Waals surface area contributed by atoms with Crippen LogP contribution in [0.4, 0.5) is 5.82 Å². The number of aliphatic hydroxyl groups is 1. The molecule has 1 fully saturated rings. The summed E-state index contributed by atoms with van der Waals surface area (Å²) in [5.74, 6) is 1.26. The molecule has 2 aromatic rings. The first-order valence-electron chi connectivity index (χ1n) is 10.1. The maximum Gasteiger partial charge on any atom is 0.263 e. The van der Waals surface area contributed by atoms with Gasteiger partial charge in [-0.05, 0) is 33.6 Å². The van der Waals surface area contributed by atoms with Crippen LogP contribution in [0.5, 0.6) is 17.2 Å². The highest BCUT2D eigenvalue weighted by molar-refractivity contribution is 5.91. The fourth-order valence-electron chi connectivity index (χ4n) is 3.45. The van der Waals surface area contributed by atoms with E-state index in [9.17, 15) is 14.7 Å². The van der Waals surface area contributed by atoms with E-state index in [1.54, 1.807) is 10.7 Å². The van der Waals surface area contributed by atoms with Gasteiger partial charge in [0.15, 0.2) is 12.9 Å². The summed E-state index contributed by atoms with van der Waals surface area (Å²) in [6, 6.07) is 4.93. The predicted octanol–water partition coefficient (Wildman–Crippen LogP) is 2.72. The molecular formula is C22H29N3O6. The summed E-state index contributed by atoms with van der Waals surface area (Å²) in [6.45, 7) is 5.66. The van der Waals surface area contributed by atoms with E-state index < -0.39 is 5.91 Å². The molecule has 0 saturated heterocycles. The van der Waals surface area contributed by atoms with Crippen LogP contribution in [0.2, 0.25) is 0 Å². The molecule has 2 N–H and O–H groups in total. The van der Waals surface area contributed by atoms with E-state index in [4.69, 9.17) is 14.2 Å². The number of aromatic nitrogens is 2. The molecule has 9 nitrogen and oxygen atoms in total. The normalized spacial score (nSPS) is 18.1. The molecule has 9 heteroatoms. The summed E-state index contributed by atoms with van der Waals surface area (Å²) in [5, 5.41) is 17.1. The van der Waals surface area contributed by atoms with Crippen molar-refractivity contribution in [2.24, 2.45) is 0 Å². The van der Waals surface area contributed by atoms with Crippen molar-refractivity contribution in [1.29, 1.82) is 0 Å². The van der Waals surface area contributed by atoms with Gasteiger partial charge in [0.2, 0.25) is 0 Å². The lowest BCUT2D eigenvalue weighted by atomic mass is 9.80. The highest BCUT2D eigenvalue weighted by Gasteiger charge is 2.32. The smallest absolute Gasteiger partial charge is 0.263 e. The van der Waals surface area contributed by atoms with Crippen molar-refractivity contribution in [3.63, 3.8) is 0 Å². The zero-order valence-corrected chi connectivity index (χ0v) is 18.5. The molecule has 168 valence electrons. The Hall–Kier alpha value is -3.07. The molecule has 1 saturated carbocycles. The quantitative estimate of drug-likeness (QED) is 0.618. The minimum absolute atomic E-state index is 0.185. The first kappa shape index (κ1) is 22.6. The lowest BCUT2D eigenvalue weighted by Crippen LogP contribution is -2.29. The monoisotopic (exact) mass is 431 g/mol. The van der Waals surface area contributed by atoms with Gasteiger partial charge in [0.1, 0.15) is 23.1 Å². The number of ether oxygens (including phenoxy) is 3. The van der Waals surface area contributed by atoms with Crippen LogP contribution in [-0.2, 0) is 10.3 Å². The van der Waals surface area contributed by atoms with Gasteiger partial charge in [-0.15, -0.1) is 0 Å². The van der Waals surface area contributed by atoms with Crippen LogP contribution in [0.3, 0.4) is 0 Å². The van der Waals surface area contributed by atoms with Gasteiger partial charge in [-0.25, -0.2) is 4.68 Å². The number of aldehydes is 1. The van der Waals surface area contributed by atoms with E-state index in [-0.39, 0.29) is 35.5 Å². The molecule has 31 heavy (non-hydrogen) atoms. The van der Waals surface area contributed by atoms with Crippen molar-refractivity contribution in [3.8, 4) is 17.2 Å². The van der Waals surface area contributed by atoms with E-state index >= 15 is 0 Å². The number of nitrogens with zero attached hydrogens (tertiary/aromatic N) is 2. The number of anilines is 1. The minimum Gasteiger partial charge on any atom is -0.496 e. The van der Waals surface area contributed by atoms with Crippen molar-refractivity contribution in [2.45, 2.75) is 51.2 Å². The summed E-state index contributed by atoms with van der Waals surface area (Å²) < 4.78 is 17.8. The molecular weight excluding hydrogens is 402 g/mol. The second-order valence-electron chi connectivity index (χ2n) is 8.56. The number of hydrogen-bond donors (Lipinski definition) is 2. The highest BCUT2D eigenvalue weighted by atomic mass is 16.5. The van der Waals surface area contributed by atoms with Crippen LogP contribution in [0.1, 0.15) is 55.6 Å². The Labute approximate surface area is 181 Å². The number of rotatable bonds is 8. The molecule has 1 aliphatic rings. The van der Waals surface area contributed by atoms with E-state index in [0.717, 1.165) is 5.69 Å². The van der Waals surface area contributed by atoms with Gasteiger partial charge in [-0.2, -0.15) is 5.10 Å². The van der Waals surface area contributed by atoms with Crippen LogP contribution in [-0.4, -0.2) is 54.0 Å². The molecule has 0 radical (unpaired) electrons. The van der Waals surface area contributed by atoms with Crippen LogP contribution in [0.15, 0.2) is 18.2 Å². The molecule has 3 rings (SSSR count). The van der Waals surface area contributed by atoms with Crippen molar-refractivity contribution in [1.82, 2.24) is 9.78 Å². The van der Waals surface area contributed by atoms with E-state index in [0.29, 0.717) is 36.4 Å². The molecule has 0 unspecified atom stereocenters. The Bertz CT molecular complexity index is 957. The number of aliphatic hydroxyl groups excluding tert-OH is 1. The van der Waals surface area contributed by atoms with Crippen LogP contribution >= 0.6 is 0 Å². The third-order valence-electron chi connectivity index (χ3n) is 5.17. The van der Waals surface area contributed by atoms with Crippen LogP contribution < -0.4 is 19.5 Å². The number of amides is 1. The Morgan fingerprint density at radius 3 is 2.45 bits per heavy atom. The number of carbonyl (C=O) groups is 2. The Morgan fingerprint density at radius 1 is 1.23 bits per heavy atom. The van der Waals surface area contributed by atoms with Crippen LogP contribution in [0.25, 0.3) is 0 Å². The number of methoxy groups -OCH3 is 2. The van der Waals surface area contributed by atoms with Gasteiger partial charge in [0, 0.05) is 24.1 Å². The fraction of sp³-hybridized carbons (Fsp3) is 0.500. The van der Waals surface area contributed by atoms with Crippen molar-refractivity contribution < 1.29 is 28.9 Å². The summed E-state index contributed by atoms with van der Waals surface area (Å²) in [7, 11) is 2.92. The van der Waals surface area contributed by atoms with E-state index in [1.807, 2.05) is 26.8 Å². The third kappa shape index (κ3) is 4.99. The fourth-order valence-corrected chi connectivity index (χ4v) is 3.45. The molecule has 1 aromatic heterocycles. The molecule has 1 aliphatic carbocycles. The van der Waals surface area contributed by atoms with Gasteiger partial charge in [0.25, 0.3) is 5.91 Å². The van der Waals surface area contributed by atoms with E-state index in [1.165, 1.54) is 20.3 Å². The first-order chi connectivity index (χ1) is 14.7. The van der Waals surface area contributed by atoms with Gasteiger partial charge in [0.05, 0.1) is 37.1 Å². The van der Waals surface area contributed by atoms with Crippen molar-refractivity contribution >= 4 is 18.0 Å². The van der Waals surface area contributed by atoms with Gasteiger partial charge in [-0.3, -0.25) is 9.59 Å². The van der Waals surface area contributed by atoms with Gasteiger partial charge in [-0.1, -0.05) is 0 Å². The van der Waals surface area contributed by atoms with Crippen LogP contribution in [0, 0.1) is 0 Å². The second kappa shape index (κ2) is 8.97. The lowest BCUT2D eigenvalue weighted by Gasteiger charge is -2.30. The van der Waals surface area contributed by atoms with Gasteiger partial charge >= 0.3 is 0 Å². The zero-order valence-electron chi connectivity index (χ0n) is 18.5. The SMILES string of the molecule is COc1cc(OC)c(C=O)c(OCC(=O)Nc2cc(C3CC(O)C3)nn2C(C)(C)C)c1. The number of nitrogens with one attached hydrogen (secondary N) is 1. The second-order valence-corrected chi connectivity index (χ2v) is 8.56. The lowest BCUT2D eigenvalue weighted by molar-refractivity contribution is -0.118. The Balaban J connectivity index is 1.75. The average Bonchev–Trinajstić information content (AvgIpc) is 3.12. The highest BCUT2D eigenvalue weighted by Crippen LogP contribution is 2.38. The maximum atomic E-state index is 12.6. The topological polar surface area (TPSA) is 112 Å². The molecule has 1 heterocycles. The van der Waals surface area contributed by atoms with E-state index in [2.05, 4.69) is 10.4 Å². The number of benzene rings is 1. The number of hydrogen-bond acceptors (Lipinski definition) is 7. The standard InChI is InChI=1S/C22H29N3O6/c1-22(2,3)25-20(10-17(24-25)13-6-14(27)7-13)23-21(28)12-31-19-9-15(29-4)8-18(30-5)16(19)11-26/h8-11,13-14,27H,6-7,12H2,1-5H3,(H,23,28). The van der Waals surface area contributed by atoms with Gasteiger partial charge < -0.3 is 24.6 Å². The van der Waals surface area contributed by atoms with Crippen molar-refractivity contribution in [3.05, 3.63) is 29.5 Å². The summed E-state index contributed by atoms with van der Waals surface area (Å²) in [6.07, 6.45) is 1.66. The molecule has 1 amide bonds.